The van der Waals surface area contributed by atoms with Crippen molar-refractivity contribution in [3.8, 4) is 17.2 Å². The van der Waals surface area contributed by atoms with Crippen LogP contribution in [0.1, 0.15) is 42.4 Å². The Balaban J connectivity index is 1.40. The van der Waals surface area contributed by atoms with E-state index in [4.69, 9.17) is 24.5 Å². The number of azo groups is 1. The molecule has 0 bridgehead atoms. The maximum Gasteiger partial charge on any atom is 0.170 e. The molecular weight excluding hydrogens is 602 g/mol. The van der Waals surface area contributed by atoms with Gasteiger partial charge in [-0.25, -0.2) is 4.68 Å². The molecule has 5 aromatic carbocycles. The second kappa shape index (κ2) is 15.4. The second-order valence-electron chi connectivity index (χ2n) is 11.3. The standard InChI is InChI=1S/C39H39N5O4/c1-46-36-27-33(48-25-15-4-3-14-24-45)28-37(47-2)38(36)42-40-32-22-23-34-35(26-32)44(43-41-34)39(29-16-8-5-9-17-29,30-18-10-6-11-19-30)31-20-12-7-13-21-31/h5-13,16-23,26-28,45H,3-4,14-15,24-25H2,1-2H3. The summed E-state index contributed by atoms with van der Waals surface area (Å²) in [5.41, 5.74) is 4.90. The number of methoxy groups -OCH3 is 2. The van der Waals surface area contributed by atoms with Crippen LogP contribution in [0.5, 0.6) is 17.2 Å². The van der Waals surface area contributed by atoms with E-state index in [1.54, 1.807) is 26.4 Å². The van der Waals surface area contributed by atoms with E-state index in [1.165, 1.54) is 0 Å². The molecule has 0 spiro atoms. The van der Waals surface area contributed by atoms with Gasteiger partial charge >= 0.3 is 0 Å². The number of hydrogen-bond donors (Lipinski definition) is 1. The average Bonchev–Trinajstić information content (AvgIpc) is 3.57. The number of fused-ring (bicyclic) bond motifs is 1. The predicted octanol–water partition coefficient (Wildman–Crippen LogP) is 8.64. The van der Waals surface area contributed by atoms with Crippen LogP contribution in [0.4, 0.5) is 11.4 Å². The first-order valence-electron chi connectivity index (χ1n) is 16.1. The quantitative estimate of drug-likeness (QED) is 0.0684. The molecule has 1 aromatic heterocycles. The summed E-state index contributed by atoms with van der Waals surface area (Å²) in [4.78, 5) is 0. The molecule has 0 fully saturated rings. The lowest BCUT2D eigenvalue weighted by atomic mass is 9.77. The van der Waals surface area contributed by atoms with E-state index >= 15 is 0 Å². The van der Waals surface area contributed by atoms with E-state index in [1.807, 2.05) is 77.5 Å². The number of aliphatic hydroxyl groups excluding tert-OH is 1. The first-order chi connectivity index (χ1) is 23.7. The molecule has 48 heavy (non-hydrogen) atoms. The van der Waals surface area contributed by atoms with Crippen LogP contribution in [-0.4, -0.2) is 47.5 Å². The molecule has 0 unspecified atom stereocenters. The van der Waals surface area contributed by atoms with Crippen LogP contribution < -0.4 is 14.2 Å². The van der Waals surface area contributed by atoms with E-state index < -0.39 is 5.54 Å². The van der Waals surface area contributed by atoms with E-state index in [9.17, 15) is 0 Å². The van der Waals surface area contributed by atoms with Gasteiger partial charge in [0.2, 0.25) is 0 Å². The molecule has 0 atom stereocenters. The lowest BCUT2D eigenvalue weighted by molar-refractivity contribution is 0.272. The fraction of sp³-hybridized carbons (Fsp3) is 0.231. The van der Waals surface area contributed by atoms with Gasteiger partial charge in [-0.1, -0.05) is 103 Å². The molecule has 244 valence electrons. The largest absolute Gasteiger partial charge is 0.494 e. The minimum atomic E-state index is -0.824. The molecule has 6 aromatic rings. The number of hydrogen-bond acceptors (Lipinski definition) is 8. The van der Waals surface area contributed by atoms with E-state index in [0.29, 0.717) is 35.2 Å². The zero-order valence-electron chi connectivity index (χ0n) is 27.2. The monoisotopic (exact) mass is 641 g/mol. The number of benzene rings is 5. The van der Waals surface area contributed by atoms with Crippen molar-refractivity contribution in [2.45, 2.75) is 31.2 Å². The first-order valence-corrected chi connectivity index (χ1v) is 16.1. The van der Waals surface area contributed by atoms with Crippen LogP contribution in [-0.2, 0) is 5.54 Å². The SMILES string of the molecule is COc1cc(OCCCCCCO)cc(OC)c1N=Nc1ccc2nnn(C(c3ccccc3)(c3ccccc3)c3ccccc3)c2c1. The lowest BCUT2D eigenvalue weighted by Gasteiger charge is -2.36. The number of ether oxygens (including phenoxy) is 3. The molecule has 6 rings (SSSR count). The summed E-state index contributed by atoms with van der Waals surface area (Å²) in [7, 11) is 3.16. The van der Waals surface area contributed by atoms with Crippen LogP contribution in [0, 0.1) is 0 Å². The van der Waals surface area contributed by atoms with Gasteiger partial charge in [0, 0.05) is 18.7 Å². The van der Waals surface area contributed by atoms with Crippen LogP contribution in [0.2, 0.25) is 0 Å². The smallest absolute Gasteiger partial charge is 0.170 e. The molecule has 9 nitrogen and oxygen atoms in total. The van der Waals surface area contributed by atoms with Crippen molar-refractivity contribution < 1.29 is 19.3 Å². The topological polar surface area (TPSA) is 103 Å². The molecule has 0 aliphatic rings. The van der Waals surface area contributed by atoms with Crippen LogP contribution >= 0.6 is 0 Å². The van der Waals surface area contributed by atoms with Crippen molar-refractivity contribution in [3.05, 3.63) is 138 Å². The van der Waals surface area contributed by atoms with Crippen molar-refractivity contribution in [1.82, 2.24) is 15.0 Å². The predicted molar refractivity (Wildman–Crippen MR) is 187 cm³/mol. The number of nitrogens with zero attached hydrogens (tertiary/aromatic N) is 5. The van der Waals surface area contributed by atoms with Gasteiger partial charge in [-0.3, -0.25) is 0 Å². The maximum absolute atomic E-state index is 8.99. The second-order valence-corrected chi connectivity index (χ2v) is 11.3. The minimum absolute atomic E-state index is 0.218. The third kappa shape index (κ3) is 6.63. The van der Waals surface area contributed by atoms with Crippen molar-refractivity contribution in [1.29, 1.82) is 0 Å². The first kappa shape index (κ1) is 32.4. The molecule has 9 heteroatoms. The Morgan fingerprint density at radius 3 is 1.77 bits per heavy atom. The molecule has 1 heterocycles. The normalized spacial score (nSPS) is 11.6. The van der Waals surface area contributed by atoms with Gasteiger partial charge in [0.15, 0.2) is 17.2 Å². The van der Waals surface area contributed by atoms with Gasteiger partial charge in [0.1, 0.15) is 16.8 Å². The molecule has 0 amide bonds. The summed E-state index contributed by atoms with van der Waals surface area (Å²) in [6.07, 6.45) is 3.66. The zero-order valence-corrected chi connectivity index (χ0v) is 27.2. The number of unbranched alkanes of at least 4 members (excludes halogenated alkanes) is 3. The average molecular weight is 642 g/mol. The summed E-state index contributed by atoms with van der Waals surface area (Å²) < 4.78 is 19.3. The highest BCUT2D eigenvalue weighted by Crippen LogP contribution is 2.44. The van der Waals surface area contributed by atoms with Gasteiger partial charge in [-0.05, 0) is 54.2 Å². The summed E-state index contributed by atoms with van der Waals surface area (Å²) in [6.45, 7) is 0.770. The van der Waals surface area contributed by atoms with Crippen molar-refractivity contribution >= 4 is 22.4 Å². The van der Waals surface area contributed by atoms with E-state index in [-0.39, 0.29) is 6.61 Å². The molecule has 0 radical (unpaired) electrons. The Bertz CT molecular complexity index is 1820. The highest BCUT2D eigenvalue weighted by atomic mass is 16.5. The van der Waals surface area contributed by atoms with Gasteiger partial charge in [0.25, 0.3) is 0 Å². The minimum Gasteiger partial charge on any atom is -0.494 e. The van der Waals surface area contributed by atoms with Gasteiger partial charge < -0.3 is 19.3 Å². The number of aromatic nitrogens is 3. The Labute approximate surface area is 280 Å². The van der Waals surface area contributed by atoms with Crippen LogP contribution in [0.3, 0.4) is 0 Å². The summed E-state index contributed by atoms with van der Waals surface area (Å²) in [6, 6.07) is 40.4. The van der Waals surface area contributed by atoms with Crippen molar-refractivity contribution in [3.63, 3.8) is 0 Å². The highest BCUT2D eigenvalue weighted by molar-refractivity contribution is 5.79. The molecule has 0 saturated heterocycles. The Hall–Kier alpha value is -5.54. The third-order valence-electron chi connectivity index (χ3n) is 8.36. The number of aliphatic hydroxyl groups is 1. The summed E-state index contributed by atoms with van der Waals surface area (Å²) in [5.74, 6) is 1.59. The molecule has 0 aliphatic heterocycles. The fourth-order valence-corrected chi connectivity index (χ4v) is 6.04. The van der Waals surface area contributed by atoms with Crippen LogP contribution in [0.15, 0.2) is 132 Å². The molecule has 0 saturated carbocycles. The molecule has 0 aliphatic carbocycles. The Kier molecular flexibility index (Phi) is 10.4. The highest BCUT2D eigenvalue weighted by Gasteiger charge is 2.40. The molecular formula is C39H39N5O4. The summed E-state index contributed by atoms with van der Waals surface area (Å²) >= 11 is 0. The van der Waals surface area contributed by atoms with Gasteiger partial charge in [-0.15, -0.1) is 10.2 Å². The van der Waals surface area contributed by atoms with Crippen LogP contribution in [0.25, 0.3) is 11.0 Å². The van der Waals surface area contributed by atoms with Gasteiger partial charge in [0.05, 0.1) is 32.0 Å². The summed E-state index contributed by atoms with van der Waals surface area (Å²) in [5, 5.41) is 27.6. The van der Waals surface area contributed by atoms with Crippen molar-refractivity contribution in [2.75, 3.05) is 27.4 Å². The number of rotatable bonds is 15. The van der Waals surface area contributed by atoms with Crippen molar-refractivity contribution in [2.24, 2.45) is 10.2 Å². The fourth-order valence-electron chi connectivity index (χ4n) is 6.04. The third-order valence-corrected chi connectivity index (χ3v) is 8.36. The molecule has 1 N–H and O–H groups in total. The zero-order chi connectivity index (χ0) is 33.2. The van der Waals surface area contributed by atoms with E-state index in [0.717, 1.165) is 53.4 Å². The van der Waals surface area contributed by atoms with Gasteiger partial charge in [-0.2, -0.15) is 5.11 Å². The van der Waals surface area contributed by atoms with E-state index in [2.05, 4.69) is 51.7 Å². The lowest BCUT2D eigenvalue weighted by Crippen LogP contribution is -2.38. The Morgan fingerprint density at radius 1 is 0.667 bits per heavy atom. The Morgan fingerprint density at radius 2 is 1.23 bits per heavy atom. The maximum atomic E-state index is 8.99.